The van der Waals surface area contributed by atoms with E-state index in [0.717, 1.165) is 77.7 Å². The molecule has 7 heteroatoms. The Hall–Kier alpha value is -1.67. The van der Waals surface area contributed by atoms with Gasteiger partial charge in [0.2, 0.25) is 0 Å². The predicted molar refractivity (Wildman–Crippen MR) is 123 cm³/mol. The Morgan fingerprint density at radius 2 is 1.68 bits per heavy atom. The molecule has 1 aromatic rings. The summed E-state index contributed by atoms with van der Waals surface area (Å²) in [4.78, 5) is 20.2. The number of ether oxygens (including phenoxy) is 2. The molecule has 4 rings (SSSR count). The van der Waals surface area contributed by atoms with Crippen molar-refractivity contribution in [3.63, 3.8) is 0 Å². The second-order valence-electron chi connectivity index (χ2n) is 9.21. The molecular formula is C24H38N4O3. The van der Waals surface area contributed by atoms with E-state index in [9.17, 15) is 4.79 Å². The summed E-state index contributed by atoms with van der Waals surface area (Å²) < 4.78 is 11.2. The van der Waals surface area contributed by atoms with Gasteiger partial charge in [0.25, 0.3) is 5.91 Å². The lowest BCUT2D eigenvalue weighted by atomic mass is 9.96. The number of morpholine rings is 1. The number of carbonyl (C=O) groups excluding carboxylic acids is 1. The molecule has 172 valence electrons. The molecule has 3 heterocycles. The lowest BCUT2D eigenvalue weighted by Crippen LogP contribution is -2.52. The predicted octanol–water partition coefficient (Wildman–Crippen LogP) is 1.68. The summed E-state index contributed by atoms with van der Waals surface area (Å²) in [6.45, 7) is 14.4. The van der Waals surface area contributed by atoms with Crippen molar-refractivity contribution in [2.24, 2.45) is 5.92 Å². The van der Waals surface area contributed by atoms with Gasteiger partial charge in [0, 0.05) is 81.7 Å². The van der Waals surface area contributed by atoms with Crippen molar-refractivity contribution in [2.45, 2.75) is 32.4 Å². The van der Waals surface area contributed by atoms with E-state index in [0.29, 0.717) is 24.5 Å². The zero-order valence-electron chi connectivity index (χ0n) is 19.1. The third-order valence-electron chi connectivity index (χ3n) is 7.03. The Morgan fingerprint density at radius 1 is 0.968 bits per heavy atom. The summed E-state index contributed by atoms with van der Waals surface area (Å²) in [5, 5.41) is 3.19. The van der Waals surface area contributed by atoms with Gasteiger partial charge in [-0.25, -0.2) is 0 Å². The first-order valence-electron chi connectivity index (χ1n) is 11.9. The van der Waals surface area contributed by atoms with Crippen molar-refractivity contribution in [1.29, 1.82) is 0 Å². The topological polar surface area (TPSA) is 57.3 Å². The number of benzene rings is 1. The van der Waals surface area contributed by atoms with Crippen molar-refractivity contribution in [1.82, 2.24) is 15.1 Å². The average molecular weight is 431 g/mol. The lowest BCUT2D eigenvalue weighted by molar-refractivity contribution is 0.00166. The smallest absolute Gasteiger partial charge is 0.251 e. The third-order valence-corrected chi connectivity index (χ3v) is 7.03. The highest BCUT2D eigenvalue weighted by Gasteiger charge is 2.31. The van der Waals surface area contributed by atoms with Crippen LogP contribution in [0.15, 0.2) is 24.3 Å². The highest BCUT2D eigenvalue weighted by molar-refractivity contribution is 5.94. The molecule has 31 heavy (non-hydrogen) atoms. The van der Waals surface area contributed by atoms with Crippen LogP contribution in [0.3, 0.4) is 0 Å². The van der Waals surface area contributed by atoms with Gasteiger partial charge in [0.05, 0.1) is 19.8 Å². The Bertz CT molecular complexity index is 691. The van der Waals surface area contributed by atoms with Crippen molar-refractivity contribution >= 4 is 11.6 Å². The van der Waals surface area contributed by atoms with Gasteiger partial charge < -0.3 is 19.7 Å². The fraction of sp³-hybridized carbons (Fsp3) is 0.708. The van der Waals surface area contributed by atoms with Gasteiger partial charge in [-0.3, -0.25) is 14.6 Å². The normalized spacial score (nSPS) is 24.5. The minimum absolute atomic E-state index is 0.00773. The largest absolute Gasteiger partial charge is 0.381 e. The van der Waals surface area contributed by atoms with Crippen molar-refractivity contribution in [3.8, 4) is 0 Å². The standard InChI is InChI=1S/C24H38N4O3/c1-19(2)26-8-10-27(11-9-26)22-5-3-20(4-6-22)24(29)25-17-23(21-7-14-31-18-21)28-12-15-30-16-13-28/h3-6,19,21,23H,7-18H2,1-2H3,(H,25,29). The van der Waals surface area contributed by atoms with Crippen molar-refractivity contribution in [3.05, 3.63) is 29.8 Å². The van der Waals surface area contributed by atoms with Gasteiger partial charge in [-0.05, 0) is 44.5 Å². The van der Waals surface area contributed by atoms with Crippen LogP contribution < -0.4 is 10.2 Å². The molecule has 1 N–H and O–H groups in total. The summed E-state index contributed by atoms with van der Waals surface area (Å²) in [6.07, 6.45) is 1.07. The maximum Gasteiger partial charge on any atom is 0.251 e. The van der Waals surface area contributed by atoms with Crippen molar-refractivity contribution in [2.75, 3.05) is 77.1 Å². The number of carbonyl (C=O) groups is 1. The van der Waals surface area contributed by atoms with E-state index in [1.54, 1.807) is 0 Å². The molecule has 0 bridgehead atoms. The average Bonchev–Trinajstić information content (AvgIpc) is 3.34. The number of hydrogen-bond acceptors (Lipinski definition) is 6. The third kappa shape index (κ3) is 5.77. The highest BCUT2D eigenvalue weighted by atomic mass is 16.5. The number of anilines is 1. The van der Waals surface area contributed by atoms with Gasteiger partial charge in [-0.1, -0.05) is 0 Å². The molecule has 0 saturated carbocycles. The van der Waals surface area contributed by atoms with Crippen LogP contribution >= 0.6 is 0 Å². The number of nitrogens with one attached hydrogen (secondary N) is 1. The molecule has 0 radical (unpaired) electrons. The van der Waals surface area contributed by atoms with Crippen LogP contribution in [0.2, 0.25) is 0 Å². The van der Waals surface area contributed by atoms with E-state index in [1.165, 1.54) is 5.69 Å². The van der Waals surface area contributed by atoms with Crippen LogP contribution in [-0.4, -0.2) is 100 Å². The zero-order valence-corrected chi connectivity index (χ0v) is 19.1. The molecule has 7 nitrogen and oxygen atoms in total. The van der Waals surface area contributed by atoms with Crippen LogP contribution in [0.5, 0.6) is 0 Å². The summed E-state index contributed by atoms with van der Waals surface area (Å²) >= 11 is 0. The first kappa shape index (κ1) is 22.5. The first-order chi connectivity index (χ1) is 15.1. The molecule has 2 atom stereocenters. The fourth-order valence-electron chi connectivity index (χ4n) is 4.98. The number of piperazine rings is 1. The molecule has 3 aliphatic heterocycles. The van der Waals surface area contributed by atoms with Crippen molar-refractivity contribution < 1.29 is 14.3 Å². The molecule has 1 amide bonds. The SMILES string of the molecule is CC(C)N1CCN(c2ccc(C(=O)NCC(C3CCOC3)N3CCOCC3)cc2)CC1. The van der Waals surface area contributed by atoms with Gasteiger partial charge in [-0.2, -0.15) is 0 Å². The van der Waals surface area contributed by atoms with E-state index < -0.39 is 0 Å². The van der Waals surface area contributed by atoms with E-state index >= 15 is 0 Å². The second-order valence-corrected chi connectivity index (χ2v) is 9.21. The van der Waals surface area contributed by atoms with Gasteiger partial charge in [0.1, 0.15) is 0 Å². The van der Waals surface area contributed by atoms with Crippen LogP contribution in [-0.2, 0) is 9.47 Å². The van der Waals surface area contributed by atoms with Gasteiger partial charge >= 0.3 is 0 Å². The monoisotopic (exact) mass is 430 g/mol. The van der Waals surface area contributed by atoms with Crippen LogP contribution in [0.25, 0.3) is 0 Å². The van der Waals surface area contributed by atoms with Gasteiger partial charge in [-0.15, -0.1) is 0 Å². The fourth-order valence-corrected chi connectivity index (χ4v) is 4.98. The minimum Gasteiger partial charge on any atom is -0.381 e. The summed E-state index contributed by atoms with van der Waals surface area (Å²) in [7, 11) is 0. The number of rotatable bonds is 7. The number of hydrogen-bond donors (Lipinski definition) is 1. The highest BCUT2D eigenvalue weighted by Crippen LogP contribution is 2.22. The van der Waals surface area contributed by atoms with E-state index in [4.69, 9.17) is 9.47 Å². The molecule has 1 aromatic carbocycles. The summed E-state index contributed by atoms with van der Waals surface area (Å²) in [5.41, 5.74) is 1.93. The Kier molecular flexibility index (Phi) is 7.82. The van der Waals surface area contributed by atoms with E-state index in [2.05, 4.69) is 46.0 Å². The summed E-state index contributed by atoms with van der Waals surface area (Å²) in [6, 6.07) is 9.01. The van der Waals surface area contributed by atoms with Crippen LogP contribution in [0, 0.1) is 5.92 Å². The molecule has 0 aromatic heterocycles. The first-order valence-corrected chi connectivity index (χ1v) is 11.9. The molecule has 2 unspecified atom stereocenters. The maximum absolute atomic E-state index is 12.8. The Morgan fingerprint density at radius 3 is 2.29 bits per heavy atom. The number of amides is 1. The second kappa shape index (κ2) is 10.8. The molecule has 3 aliphatic rings. The molecule has 3 fully saturated rings. The Labute approximate surface area is 186 Å². The van der Waals surface area contributed by atoms with E-state index in [1.807, 2.05) is 12.1 Å². The lowest BCUT2D eigenvalue weighted by Gasteiger charge is -2.38. The molecular weight excluding hydrogens is 392 g/mol. The Balaban J connectivity index is 1.31. The summed E-state index contributed by atoms with van der Waals surface area (Å²) in [5.74, 6) is 0.485. The quantitative estimate of drug-likeness (QED) is 0.711. The van der Waals surface area contributed by atoms with Crippen LogP contribution in [0.4, 0.5) is 5.69 Å². The zero-order chi connectivity index (χ0) is 21.6. The minimum atomic E-state index is 0.00773. The molecule has 3 saturated heterocycles. The van der Waals surface area contributed by atoms with E-state index in [-0.39, 0.29) is 5.91 Å². The van der Waals surface area contributed by atoms with Crippen LogP contribution in [0.1, 0.15) is 30.6 Å². The maximum atomic E-state index is 12.8. The molecule has 0 spiro atoms. The van der Waals surface area contributed by atoms with Gasteiger partial charge in [0.15, 0.2) is 0 Å². The number of nitrogens with zero attached hydrogens (tertiary/aromatic N) is 3. The molecule has 0 aliphatic carbocycles.